The first kappa shape index (κ1) is 17.0. The van der Waals surface area contributed by atoms with E-state index >= 15 is 0 Å². The number of carbonyl (C=O) groups excluding carboxylic acids is 1. The van der Waals surface area contributed by atoms with Gasteiger partial charge < -0.3 is 10.6 Å². The molecule has 2 rings (SSSR count). The second kappa shape index (κ2) is 7.75. The molecule has 0 spiro atoms. The fourth-order valence-corrected chi connectivity index (χ4v) is 3.18. The molecule has 122 valence electrons. The SMILES string of the molecule is CC(C)N(CCNC(=O)C1Cc2ccccc2CN1)C(C)C. The molecular weight excluding hydrogens is 274 g/mol. The lowest BCUT2D eigenvalue weighted by molar-refractivity contribution is -0.123. The van der Waals surface area contributed by atoms with Crippen molar-refractivity contribution in [3.63, 3.8) is 0 Å². The molecule has 4 nitrogen and oxygen atoms in total. The lowest BCUT2D eigenvalue weighted by Crippen LogP contribution is -2.50. The molecule has 0 aromatic heterocycles. The number of rotatable bonds is 6. The molecule has 1 unspecified atom stereocenters. The Labute approximate surface area is 134 Å². The van der Waals surface area contributed by atoms with Gasteiger partial charge in [-0.1, -0.05) is 24.3 Å². The summed E-state index contributed by atoms with van der Waals surface area (Å²) in [5.74, 6) is 0.113. The largest absolute Gasteiger partial charge is 0.353 e. The first-order chi connectivity index (χ1) is 10.5. The second-order valence-corrected chi connectivity index (χ2v) is 6.62. The van der Waals surface area contributed by atoms with Gasteiger partial charge in [0.15, 0.2) is 0 Å². The minimum atomic E-state index is -0.110. The van der Waals surface area contributed by atoms with Crippen molar-refractivity contribution in [2.24, 2.45) is 0 Å². The highest BCUT2D eigenvalue weighted by Crippen LogP contribution is 2.16. The van der Waals surface area contributed by atoms with Gasteiger partial charge in [0.2, 0.25) is 5.91 Å². The van der Waals surface area contributed by atoms with Crippen molar-refractivity contribution >= 4 is 5.91 Å². The fraction of sp³-hybridized carbons (Fsp3) is 0.611. The van der Waals surface area contributed by atoms with E-state index in [0.29, 0.717) is 18.6 Å². The van der Waals surface area contributed by atoms with Crippen LogP contribution in [0, 0.1) is 0 Å². The molecule has 1 aliphatic heterocycles. The first-order valence-electron chi connectivity index (χ1n) is 8.32. The molecule has 0 aliphatic carbocycles. The summed E-state index contributed by atoms with van der Waals surface area (Å²) in [4.78, 5) is 14.7. The smallest absolute Gasteiger partial charge is 0.237 e. The monoisotopic (exact) mass is 303 g/mol. The van der Waals surface area contributed by atoms with Crippen molar-refractivity contribution in [2.75, 3.05) is 13.1 Å². The van der Waals surface area contributed by atoms with E-state index in [1.807, 2.05) is 12.1 Å². The standard InChI is InChI=1S/C18H29N3O/c1-13(2)21(14(3)4)10-9-19-18(22)17-11-15-7-5-6-8-16(15)12-20-17/h5-8,13-14,17,20H,9-12H2,1-4H3,(H,19,22). The van der Waals surface area contributed by atoms with Crippen LogP contribution in [0.3, 0.4) is 0 Å². The molecule has 4 heteroatoms. The number of nitrogens with one attached hydrogen (secondary N) is 2. The lowest BCUT2D eigenvalue weighted by atomic mass is 9.95. The van der Waals surface area contributed by atoms with E-state index in [1.54, 1.807) is 0 Å². The van der Waals surface area contributed by atoms with E-state index in [0.717, 1.165) is 19.5 Å². The van der Waals surface area contributed by atoms with Gasteiger partial charge in [-0.05, 0) is 45.2 Å². The lowest BCUT2D eigenvalue weighted by Gasteiger charge is -2.31. The minimum absolute atomic E-state index is 0.110. The molecule has 1 heterocycles. The number of hydrogen-bond donors (Lipinski definition) is 2. The van der Waals surface area contributed by atoms with Gasteiger partial charge >= 0.3 is 0 Å². The Bertz CT molecular complexity index is 491. The number of amides is 1. The average Bonchev–Trinajstić information content (AvgIpc) is 2.50. The van der Waals surface area contributed by atoms with Crippen LogP contribution in [0.25, 0.3) is 0 Å². The van der Waals surface area contributed by atoms with Crippen molar-refractivity contribution in [3.8, 4) is 0 Å². The molecule has 1 atom stereocenters. The maximum Gasteiger partial charge on any atom is 0.237 e. The number of fused-ring (bicyclic) bond motifs is 1. The van der Waals surface area contributed by atoms with Crippen molar-refractivity contribution in [1.29, 1.82) is 0 Å². The van der Waals surface area contributed by atoms with Crippen LogP contribution in [0.4, 0.5) is 0 Å². The Hall–Kier alpha value is -1.39. The van der Waals surface area contributed by atoms with E-state index in [4.69, 9.17) is 0 Å². The molecular formula is C18H29N3O. The molecule has 2 N–H and O–H groups in total. The van der Waals surface area contributed by atoms with Crippen LogP contribution in [-0.4, -0.2) is 42.0 Å². The van der Waals surface area contributed by atoms with Gasteiger partial charge in [0.25, 0.3) is 0 Å². The zero-order chi connectivity index (χ0) is 16.1. The van der Waals surface area contributed by atoms with Crippen LogP contribution in [0.1, 0.15) is 38.8 Å². The normalized spacial score (nSPS) is 17.9. The summed E-state index contributed by atoms with van der Waals surface area (Å²) in [6.07, 6.45) is 0.778. The molecule has 0 radical (unpaired) electrons. The fourth-order valence-electron chi connectivity index (χ4n) is 3.18. The van der Waals surface area contributed by atoms with Crippen molar-refractivity contribution in [1.82, 2.24) is 15.5 Å². The highest BCUT2D eigenvalue weighted by molar-refractivity contribution is 5.82. The van der Waals surface area contributed by atoms with Gasteiger partial charge in [0, 0.05) is 31.7 Å². The maximum absolute atomic E-state index is 12.3. The Kier molecular flexibility index (Phi) is 5.98. The zero-order valence-electron chi connectivity index (χ0n) is 14.2. The Morgan fingerprint density at radius 3 is 2.50 bits per heavy atom. The summed E-state index contributed by atoms with van der Waals surface area (Å²) in [5, 5.41) is 6.41. The van der Waals surface area contributed by atoms with E-state index in [1.165, 1.54) is 11.1 Å². The van der Waals surface area contributed by atoms with E-state index in [9.17, 15) is 4.79 Å². The maximum atomic E-state index is 12.3. The van der Waals surface area contributed by atoms with Crippen LogP contribution in [0.2, 0.25) is 0 Å². The predicted octanol–water partition coefficient (Wildman–Crippen LogP) is 1.94. The van der Waals surface area contributed by atoms with E-state index in [2.05, 4.69) is 55.4 Å². The van der Waals surface area contributed by atoms with Gasteiger partial charge in [-0.15, -0.1) is 0 Å². The third-order valence-electron chi connectivity index (χ3n) is 4.39. The predicted molar refractivity (Wildman–Crippen MR) is 90.8 cm³/mol. The molecule has 1 amide bonds. The molecule has 22 heavy (non-hydrogen) atoms. The van der Waals surface area contributed by atoms with Crippen molar-refractivity contribution in [2.45, 2.75) is 58.8 Å². The number of hydrogen-bond acceptors (Lipinski definition) is 3. The van der Waals surface area contributed by atoms with E-state index < -0.39 is 0 Å². The molecule has 0 bridgehead atoms. The molecule has 0 saturated carbocycles. The van der Waals surface area contributed by atoms with Gasteiger partial charge in [-0.2, -0.15) is 0 Å². The zero-order valence-corrected chi connectivity index (χ0v) is 14.2. The second-order valence-electron chi connectivity index (χ2n) is 6.62. The third-order valence-corrected chi connectivity index (χ3v) is 4.39. The summed E-state index contributed by atoms with van der Waals surface area (Å²) < 4.78 is 0. The van der Waals surface area contributed by atoms with Gasteiger partial charge in [0.05, 0.1) is 6.04 Å². The molecule has 1 aliphatic rings. The van der Waals surface area contributed by atoms with Gasteiger partial charge in [0.1, 0.15) is 0 Å². The average molecular weight is 303 g/mol. The number of nitrogens with zero attached hydrogens (tertiary/aromatic N) is 1. The molecule has 0 fully saturated rings. The Balaban J connectivity index is 1.81. The first-order valence-corrected chi connectivity index (χ1v) is 8.32. The van der Waals surface area contributed by atoms with E-state index in [-0.39, 0.29) is 11.9 Å². The Morgan fingerprint density at radius 2 is 1.86 bits per heavy atom. The third kappa shape index (κ3) is 4.31. The number of carbonyl (C=O) groups is 1. The summed E-state index contributed by atoms with van der Waals surface area (Å²) >= 11 is 0. The van der Waals surface area contributed by atoms with Crippen LogP contribution in [-0.2, 0) is 17.8 Å². The highest BCUT2D eigenvalue weighted by atomic mass is 16.2. The van der Waals surface area contributed by atoms with Crippen LogP contribution < -0.4 is 10.6 Å². The Morgan fingerprint density at radius 1 is 1.23 bits per heavy atom. The number of benzene rings is 1. The van der Waals surface area contributed by atoms with Crippen molar-refractivity contribution < 1.29 is 4.79 Å². The molecule has 0 saturated heterocycles. The minimum Gasteiger partial charge on any atom is -0.353 e. The summed E-state index contributed by atoms with van der Waals surface area (Å²) in [6, 6.07) is 9.22. The highest BCUT2D eigenvalue weighted by Gasteiger charge is 2.23. The summed E-state index contributed by atoms with van der Waals surface area (Å²) in [6.45, 7) is 11.2. The molecule has 1 aromatic carbocycles. The van der Waals surface area contributed by atoms with Gasteiger partial charge in [-0.3, -0.25) is 9.69 Å². The summed E-state index contributed by atoms with van der Waals surface area (Å²) in [5.41, 5.74) is 2.59. The quantitative estimate of drug-likeness (QED) is 0.844. The molecule has 1 aromatic rings. The van der Waals surface area contributed by atoms with Crippen LogP contribution in [0.5, 0.6) is 0 Å². The van der Waals surface area contributed by atoms with Gasteiger partial charge in [-0.25, -0.2) is 0 Å². The topological polar surface area (TPSA) is 44.4 Å². The van der Waals surface area contributed by atoms with Crippen molar-refractivity contribution in [3.05, 3.63) is 35.4 Å². The summed E-state index contributed by atoms with van der Waals surface area (Å²) in [7, 11) is 0. The van der Waals surface area contributed by atoms with Crippen LogP contribution >= 0.6 is 0 Å². The van der Waals surface area contributed by atoms with Crippen LogP contribution in [0.15, 0.2) is 24.3 Å².